The van der Waals surface area contributed by atoms with Crippen LogP contribution in [0.5, 0.6) is 0 Å². The summed E-state index contributed by atoms with van der Waals surface area (Å²) in [4.78, 5) is 28.0. The van der Waals surface area contributed by atoms with E-state index < -0.39 is 28.5 Å². The van der Waals surface area contributed by atoms with Gasteiger partial charge in [-0.25, -0.2) is 8.42 Å². The number of nitrogens with zero attached hydrogens (tertiary/aromatic N) is 2. The molecule has 3 aromatic rings. The summed E-state index contributed by atoms with van der Waals surface area (Å²) in [6, 6.07) is 21.9. The molecule has 1 atom stereocenters. The first kappa shape index (κ1) is 26.9. The van der Waals surface area contributed by atoms with Gasteiger partial charge in [-0.2, -0.15) is 0 Å². The highest BCUT2D eigenvalue weighted by molar-refractivity contribution is 7.92. The molecule has 2 amide bonds. The molecule has 3 aromatic carbocycles. The number of sulfonamides is 1. The molecule has 0 aliphatic carbocycles. The van der Waals surface area contributed by atoms with Gasteiger partial charge in [-0.3, -0.25) is 13.9 Å². The molecule has 7 nitrogen and oxygen atoms in total. The summed E-state index contributed by atoms with van der Waals surface area (Å²) in [5, 5.41) is 2.76. The Morgan fingerprint density at radius 3 is 2.17 bits per heavy atom. The fraction of sp³-hybridized carbons (Fsp3) is 0.286. The van der Waals surface area contributed by atoms with E-state index in [1.165, 1.54) is 17.0 Å². The van der Waals surface area contributed by atoms with Crippen molar-refractivity contribution in [3.63, 3.8) is 0 Å². The summed E-state index contributed by atoms with van der Waals surface area (Å²) in [5.74, 6) is -0.777. The highest BCUT2D eigenvalue weighted by Gasteiger charge is 2.32. The van der Waals surface area contributed by atoms with Crippen molar-refractivity contribution < 1.29 is 18.0 Å². The normalized spacial score (nSPS) is 12.0. The van der Waals surface area contributed by atoms with Crippen molar-refractivity contribution in [1.82, 2.24) is 10.2 Å². The number of likely N-dealkylation sites (N-methyl/N-ethyl adjacent to an activating group) is 1. The molecule has 0 bridgehead atoms. The fourth-order valence-electron chi connectivity index (χ4n) is 3.83. The second kappa shape index (κ2) is 11.9. The van der Waals surface area contributed by atoms with Crippen LogP contribution in [0.2, 0.25) is 0 Å². The smallest absolute Gasteiger partial charge is 0.264 e. The number of rotatable bonds is 10. The first-order valence-electron chi connectivity index (χ1n) is 11.9. The summed E-state index contributed by atoms with van der Waals surface area (Å²) >= 11 is 0. The van der Waals surface area contributed by atoms with E-state index in [1.807, 2.05) is 51.1 Å². The standard InChI is InChI=1S/C28H33N3O4S/c1-5-29-28(33)23(4)30(19-24-16-14-21(2)15-17-24)27(32)20-31(25-11-9-10-22(3)18-25)36(34,35)26-12-7-6-8-13-26/h6-18,23H,5,19-20H2,1-4H3,(H,29,33). The zero-order valence-corrected chi connectivity index (χ0v) is 22.0. The summed E-state index contributed by atoms with van der Waals surface area (Å²) in [6.45, 7) is 7.44. The lowest BCUT2D eigenvalue weighted by atomic mass is 10.1. The zero-order chi connectivity index (χ0) is 26.3. The number of anilines is 1. The number of hydrogen-bond acceptors (Lipinski definition) is 4. The van der Waals surface area contributed by atoms with Crippen molar-refractivity contribution >= 4 is 27.5 Å². The third kappa shape index (κ3) is 6.51. The highest BCUT2D eigenvalue weighted by atomic mass is 32.2. The van der Waals surface area contributed by atoms with Gasteiger partial charge in [-0.05, 0) is 63.1 Å². The van der Waals surface area contributed by atoms with E-state index in [2.05, 4.69) is 5.32 Å². The number of nitrogens with one attached hydrogen (secondary N) is 1. The highest BCUT2D eigenvalue weighted by Crippen LogP contribution is 2.25. The minimum absolute atomic E-state index is 0.0844. The molecule has 8 heteroatoms. The van der Waals surface area contributed by atoms with Crippen LogP contribution in [-0.4, -0.2) is 44.3 Å². The van der Waals surface area contributed by atoms with E-state index in [9.17, 15) is 18.0 Å². The van der Waals surface area contributed by atoms with Gasteiger partial charge in [0.15, 0.2) is 0 Å². The lowest BCUT2D eigenvalue weighted by Gasteiger charge is -2.32. The first-order valence-corrected chi connectivity index (χ1v) is 13.3. The van der Waals surface area contributed by atoms with Crippen LogP contribution in [0.25, 0.3) is 0 Å². The van der Waals surface area contributed by atoms with E-state index in [1.54, 1.807) is 43.3 Å². The van der Waals surface area contributed by atoms with Gasteiger partial charge in [0.25, 0.3) is 10.0 Å². The quantitative estimate of drug-likeness (QED) is 0.449. The Labute approximate surface area is 213 Å². The molecule has 0 radical (unpaired) electrons. The van der Waals surface area contributed by atoms with Gasteiger partial charge in [0, 0.05) is 13.1 Å². The topological polar surface area (TPSA) is 86.8 Å². The average Bonchev–Trinajstić information content (AvgIpc) is 2.87. The van der Waals surface area contributed by atoms with Gasteiger partial charge in [0.05, 0.1) is 10.6 Å². The van der Waals surface area contributed by atoms with Crippen LogP contribution in [0.15, 0.2) is 83.8 Å². The van der Waals surface area contributed by atoms with E-state index >= 15 is 0 Å². The number of amides is 2. The van der Waals surface area contributed by atoms with Crippen LogP contribution >= 0.6 is 0 Å². The molecule has 1 unspecified atom stereocenters. The van der Waals surface area contributed by atoms with E-state index in [0.29, 0.717) is 12.2 Å². The van der Waals surface area contributed by atoms with Crippen molar-refractivity contribution in [2.24, 2.45) is 0 Å². The predicted octanol–water partition coefficient (Wildman–Crippen LogP) is 4.05. The number of benzene rings is 3. The minimum Gasteiger partial charge on any atom is -0.355 e. The summed E-state index contributed by atoms with van der Waals surface area (Å²) in [5.41, 5.74) is 3.17. The average molecular weight is 508 g/mol. The van der Waals surface area contributed by atoms with E-state index in [0.717, 1.165) is 21.0 Å². The van der Waals surface area contributed by atoms with Crippen molar-refractivity contribution in [3.8, 4) is 0 Å². The Morgan fingerprint density at radius 2 is 1.56 bits per heavy atom. The predicted molar refractivity (Wildman–Crippen MR) is 142 cm³/mol. The molecular formula is C28H33N3O4S. The van der Waals surface area contributed by atoms with Crippen molar-refractivity contribution in [3.05, 3.63) is 95.6 Å². The van der Waals surface area contributed by atoms with Crippen molar-refractivity contribution in [1.29, 1.82) is 0 Å². The Hall–Kier alpha value is -3.65. The fourth-order valence-corrected chi connectivity index (χ4v) is 5.25. The number of hydrogen-bond donors (Lipinski definition) is 1. The van der Waals surface area contributed by atoms with Gasteiger partial charge in [-0.1, -0.05) is 60.2 Å². The second-order valence-corrected chi connectivity index (χ2v) is 10.6. The third-order valence-electron chi connectivity index (χ3n) is 5.89. The van der Waals surface area contributed by atoms with Crippen LogP contribution in [0.3, 0.4) is 0 Å². The monoisotopic (exact) mass is 507 g/mol. The number of carbonyl (C=O) groups is 2. The summed E-state index contributed by atoms with van der Waals surface area (Å²) < 4.78 is 28.5. The molecule has 0 heterocycles. The second-order valence-electron chi connectivity index (χ2n) is 8.74. The SMILES string of the molecule is CCNC(=O)C(C)N(Cc1ccc(C)cc1)C(=O)CN(c1cccc(C)c1)S(=O)(=O)c1ccccc1. The summed E-state index contributed by atoms with van der Waals surface area (Å²) in [6.07, 6.45) is 0. The maximum atomic E-state index is 13.8. The van der Waals surface area contributed by atoms with E-state index in [-0.39, 0.29) is 17.3 Å². The lowest BCUT2D eigenvalue weighted by Crippen LogP contribution is -2.51. The molecule has 0 aliphatic heterocycles. The van der Waals surface area contributed by atoms with Crippen LogP contribution in [0.1, 0.15) is 30.5 Å². The van der Waals surface area contributed by atoms with E-state index in [4.69, 9.17) is 0 Å². The molecule has 3 rings (SSSR count). The van der Waals surface area contributed by atoms with Crippen molar-refractivity contribution in [2.75, 3.05) is 17.4 Å². The molecule has 1 N–H and O–H groups in total. The Morgan fingerprint density at radius 1 is 0.889 bits per heavy atom. The largest absolute Gasteiger partial charge is 0.355 e. The van der Waals surface area contributed by atoms with Crippen LogP contribution in [-0.2, 0) is 26.2 Å². The van der Waals surface area contributed by atoms with Gasteiger partial charge in [0.2, 0.25) is 11.8 Å². The van der Waals surface area contributed by atoms with Crippen LogP contribution < -0.4 is 9.62 Å². The molecule has 0 saturated heterocycles. The Kier molecular flexibility index (Phi) is 8.88. The van der Waals surface area contributed by atoms with Crippen LogP contribution in [0, 0.1) is 13.8 Å². The van der Waals surface area contributed by atoms with Gasteiger partial charge in [-0.15, -0.1) is 0 Å². The van der Waals surface area contributed by atoms with Crippen LogP contribution in [0.4, 0.5) is 5.69 Å². The zero-order valence-electron chi connectivity index (χ0n) is 21.1. The molecule has 0 spiro atoms. The summed E-state index contributed by atoms with van der Waals surface area (Å²) in [7, 11) is -4.05. The lowest BCUT2D eigenvalue weighted by molar-refractivity contribution is -0.139. The molecular weight excluding hydrogens is 474 g/mol. The molecule has 190 valence electrons. The number of carbonyl (C=O) groups excluding carboxylic acids is 2. The van der Waals surface area contributed by atoms with Gasteiger partial charge >= 0.3 is 0 Å². The minimum atomic E-state index is -4.05. The molecule has 0 aromatic heterocycles. The molecule has 36 heavy (non-hydrogen) atoms. The van der Waals surface area contributed by atoms with Gasteiger partial charge < -0.3 is 10.2 Å². The first-order chi connectivity index (χ1) is 17.1. The Balaban J connectivity index is 2.01. The molecule has 0 saturated carbocycles. The van der Waals surface area contributed by atoms with Gasteiger partial charge in [0.1, 0.15) is 12.6 Å². The Bertz CT molecular complexity index is 1290. The maximum absolute atomic E-state index is 13.8. The molecule has 0 fully saturated rings. The third-order valence-corrected chi connectivity index (χ3v) is 7.68. The maximum Gasteiger partial charge on any atom is 0.264 e. The van der Waals surface area contributed by atoms with Crippen molar-refractivity contribution in [2.45, 2.75) is 45.2 Å². The molecule has 0 aliphatic rings. The number of aryl methyl sites for hydroxylation is 2.